The minimum Gasteiger partial charge on any atom is -0.481 e. The molecule has 3 heteroatoms. The molecule has 0 aromatic heterocycles. The van der Waals surface area contributed by atoms with Crippen molar-refractivity contribution in [3.8, 4) is 0 Å². The van der Waals surface area contributed by atoms with Gasteiger partial charge in [0.05, 0.1) is 6.10 Å². The number of hydrogen-bond acceptors (Lipinski definition) is 2. The fraction of sp³-hybridized carbons (Fsp3) is 0.875. The molecule has 2 unspecified atom stereocenters. The Morgan fingerprint density at radius 2 is 1.96 bits per heavy atom. The fourth-order valence-electron chi connectivity index (χ4n) is 8.10. The summed E-state index contributed by atoms with van der Waals surface area (Å²) >= 11 is 0. The lowest BCUT2D eigenvalue weighted by molar-refractivity contribution is -0.137. The van der Waals surface area contributed by atoms with E-state index in [4.69, 9.17) is 5.11 Å². The topological polar surface area (TPSA) is 57.5 Å². The van der Waals surface area contributed by atoms with E-state index in [2.05, 4.69) is 32.9 Å². The Morgan fingerprint density at radius 3 is 2.70 bits per heavy atom. The van der Waals surface area contributed by atoms with Crippen molar-refractivity contribution in [3.63, 3.8) is 0 Å². The Kier molecular flexibility index (Phi) is 4.98. The lowest BCUT2D eigenvalue weighted by Crippen LogP contribution is -2.52. The second-order valence-electron chi connectivity index (χ2n) is 10.8. The smallest absolute Gasteiger partial charge is 0.303 e. The highest BCUT2D eigenvalue weighted by Crippen LogP contribution is 2.66. The molecule has 0 saturated heterocycles. The normalized spacial score (nSPS) is 49.8. The molecule has 27 heavy (non-hydrogen) atoms. The van der Waals surface area contributed by atoms with E-state index in [1.54, 1.807) is 0 Å². The second-order valence-corrected chi connectivity index (χ2v) is 10.8. The number of hydrogen-bond donors (Lipinski definition) is 2. The van der Waals surface area contributed by atoms with Gasteiger partial charge in [-0.2, -0.15) is 0 Å². The van der Waals surface area contributed by atoms with Crippen molar-refractivity contribution in [2.75, 3.05) is 0 Å². The van der Waals surface area contributed by atoms with E-state index < -0.39 is 5.97 Å². The van der Waals surface area contributed by atoms with Crippen molar-refractivity contribution < 1.29 is 15.0 Å². The summed E-state index contributed by atoms with van der Waals surface area (Å²) in [6, 6.07) is 0. The Morgan fingerprint density at radius 1 is 1.19 bits per heavy atom. The van der Waals surface area contributed by atoms with Crippen molar-refractivity contribution >= 4 is 5.97 Å². The van der Waals surface area contributed by atoms with Gasteiger partial charge >= 0.3 is 5.97 Å². The third-order valence-electron chi connectivity index (χ3n) is 9.64. The summed E-state index contributed by atoms with van der Waals surface area (Å²) in [7, 11) is 0. The minimum absolute atomic E-state index is 0.0802. The van der Waals surface area contributed by atoms with Gasteiger partial charge in [0.15, 0.2) is 0 Å². The Balaban J connectivity index is 1.56. The molecule has 4 aliphatic carbocycles. The van der Waals surface area contributed by atoms with E-state index in [-0.39, 0.29) is 11.5 Å². The van der Waals surface area contributed by atoms with E-state index in [1.165, 1.54) is 32.1 Å². The molecule has 0 aliphatic heterocycles. The van der Waals surface area contributed by atoms with E-state index in [9.17, 15) is 9.90 Å². The molecular formula is C24H38O3. The van der Waals surface area contributed by atoms with Gasteiger partial charge in [-0.1, -0.05) is 32.9 Å². The summed E-state index contributed by atoms with van der Waals surface area (Å²) < 4.78 is 0. The van der Waals surface area contributed by atoms with Gasteiger partial charge in [-0.15, -0.1) is 0 Å². The third kappa shape index (κ3) is 3.09. The van der Waals surface area contributed by atoms with Crippen LogP contribution in [-0.4, -0.2) is 22.3 Å². The third-order valence-corrected chi connectivity index (χ3v) is 9.64. The summed E-state index contributed by atoms with van der Waals surface area (Å²) in [4.78, 5) is 11.0. The van der Waals surface area contributed by atoms with Gasteiger partial charge in [-0.3, -0.25) is 4.79 Å². The van der Waals surface area contributed by atoms with Crippen LogP contribution < -0.4 is 0 Å². The molecule has 0 bridgehead atoms. The highest BCUT2D eigenvalue weighted by Gasteiger charge is 2.58. The summed E-state index contributed by atoms with van der Waals surface area (Å²) in [6.07, 6.45) is 14.5. The molecule has 3 fully saturated rings. The van der Waals surface area contributed by atoms with Crippen molar-refractivity contribution in [3.05, 3.63) is 12.2 Å². The van der Waals surface area contributed by atoms with Crippen LogP contribution in [0.1, 0.15) is 78.6 Å². The lowest BCUT2D eigenvalue weighted by Gasteiger charge is -2.58. The standard InChI is InChI=1S/C24H38O3/c1-15(4-9-22(26)27)19-7-8-20-18-6-5-16-14-17(25)10-12-23(16,2)21(18)11-13-24(19,20)3/h11,13,15-21,25H,4-10,12,14H2,1-3H3,(H,26,27)/t15-,16-,17-,18+,19?,20?,21+,23+,24-/m1/s1. The number of rotatable bonds is 4. The maximum atomic E-state index is 11.0. The number of carboxylic acid groups (broad SMARTS) is 1. The maximum Gasteiger partial charge on any atom is 0.303 e. The van der Waals surface area contributed by atoms with Gasteiger partial charge in [0.1, 0.15) is 0 Å². The number of aliphatic hydroxyl groups is 1. The molecule has 0 radical (unpaired) electrons. The van der Waals surface area contributed by atoms with Crippen LogP contribution in [0.5, 0.6) is 0 Å². The summed E-state index contributed by atoms with van der Waals surface area (Å²) in [6.45, 7) is 7.26. The SMILES string of the molecule is C[C@H](CCC(=O)O)C1CCC2[C@@H]3CC[C@@H]4C[C@H](O)CC[C@]4(C)[C@H]3C=C[C@]12C. The first-order valence-electron chi connectivity index (χ1n) is 11.3. The van der Waals surface area contributed by atoms with E-state index in [0.717, 1.165) is 31.1 Å². The van der Waals surface area contributed by atoms with Crippen LogP contribution in [0.4, 0.5) is 0 Å². The molecule has 0 spiro atoms. The zero-order valence-corrected chi connectivity index (χ0v) is 17.4. The van der Waals surface area contributed by atoms with E-state index in [1.807, 2.05) is 0 Å². The van der Waals surface area contributed by atoms with Gasteiger partial charge in [-0.25, -0.2) is 0 Å². The van der Waals surface area contributed by atoms with Crippen LogP contribution in [0.2, 0.25) is 0 Å². The molecule has 0 amide bonds. The fourth-order valence-corrected chi connectivity index (χ4v) is 8.10. The molecule has 0 heterocycles. The highest BCUT2D eigenvalue weighted by atomic mass is 16.4. The number of fused-ring (bicyclic) bond motifs is 5. The quantitative estimate of drug-likeness (QED) is 0.658. The predicted molar refractivity (Wildman–Crippen MR) is 107 cm³/mol. The van der Waals surface area contributed by atoms with Gasteiger partial charge in [-0.05, 0) is 97.7 Å². The summed E-state index contributed by atoms with van der Waals surface area (Å²) in [5.74, 6) is 3.35. The van der Waals surface area contributed by atoms with Crippen LogP contribution in [0.15, 0.2) is 12.2 Å². The molecule has 4 rings (SSSR count). The molecule has 0 aromatic rings. The minimum atomic E-state index is -0.661. The number of aliphatic hydroxyl groups excluding tert-OH is 1. The molecule has 4 aliphatic rings. The number of carbonyl (C=O) groups is 1. The van der Waals surface area contributed by atoms with Crippen LogP contribution in [0.25, 0.3) is 0 Å². The predicted octanol–water partition coefficient (Wildman–Crippen LogP) is 5.28. The van der Waals surface area contributed by atoms with Crippen molar-refractivity contribution in [2.24, 2.45) is 46.3 Å². The molecule has 9 atom stereocenters. The van der Waals surface area contributed by atoms with Gasteiger partial charge in [0, 0.05) is 6.42 Å². The first-order chi connectivity index (χ1) is 12.8. The zero-order valence-electron chi connectivity index (χ0n) is 17.4. The Labute approximate surface area is 164 Å². The summed E-state index contributed by atoms with van der Waals surface area (Å²) in [5.41, 5.74) is 0.615. The molecule has 2 N–H and O–H groups in total. The van der Waals surface area contributed by atoms with Crippen molar-refractivity contribution in [2.45, 2.75) is 84.7 Å². The van der Waals surface area contributed by atoms with E-state index in [0.29, 0.717) is 35.5 Å². The molecule has 152 valence electrons. The second kappa shape index (κ2) is 6.90. The average Bonchev–Trinajstić information content (AvgIpc) is 2.97. The number of carboxylic acids is 1. The Bertz CT molecular complexity index is 613. The highest BCUT2D eigenvalue weighted by molar-refractivity contribution is 5.66. The monoisotopic (exact) mass is 374 g/mol. The molecule has 0 aromatic carbocycles. The van der Waals surface area contributed by atoms with Crippen LogP contribution in [0, 0.1) is 46.3 Å². The maximum absolute atomic E-state index is 11.0. The largest absolute Gasteiger partial charge is 0.481 e. The zero-order chi connectivity index (χ0) is 19.4. The van der Waals surface area contributed by atoms with Crippen molar-refractivity contribution in [1.82, 2.24) is 0 Å². The summed E-state index contributed by atoms with van der Waals surface area (Å²) in [5, 5.41) is 19.3. The van der Waals surface area contributed by atoms with E-state index >= 15 is 0 Å². The number of allylic oxidation sites excluding steroid dienone is 2. The molecule has 3 nitrogen and oxygen atoms in total. The van der Waals surface area contributed by atoms with Crippen LogP contribution in [-0.2, 0) is 4.79 Å². The van der Waals surface area contributed by atoms with Crippen LogP contribution >= 0.6 is 0 Å². The Hall–Kier alpha value is -0.830. The van der Waals surface area contributed by atoms with Gasteiger partial charge < -0.3 is 10.2 Å². The number of aliphatic carboxylic acids is 1. The van der Waals surface area contributed by atoms with Gasteiger partial charge in [0.25, 0.3) is 0 Å². The first kappa shape index (κ1) is 19.5. The lowest BCUT2D eigenvalue weighted by atomic mass is 9.46. The van der Waals surface area contributed by atoms with Crippen molar-refractivity contribution in [1.29, 1.82) is 0 Å². The molecule has 3 saturated carbocycles. The van der Waals surface area contributed by atoms with Crippen LogP contribution in [0.3, 0.4) is 0 Å². The molecular weight excluding hydrogens is 336 g/mol. The average molecular weight is 375 g/mol. The first-order valence-corrected chi connectivity index (χ1v) is 11.3. The van der Waals surface area contributed by atoms with Gasteiger partial charge in [0.2, 0.25) is 0 Å².